The molecule has 0 saturated carbocycles. The average molecular weight is 345 g/mol. The van der Waals surface area contributed by atoms with E-state index in [1.807, 2.05) is 0 Å². The van der Waals surface area contributed by atoms with Crippen molar-refractivity contribution in [1.29, 1.82) is 0 Å². The van der Waals surface area contributed by atoms with Crippen molar-refractivity contribution in [3.8, 4) is 0 Å². The molecule has 2 rings (SSSR count). The van der Waals surface area contributed by atoms with Gasteiger partial charge in [0.15, 0.2) is 5.54 Å². The molecular weight excluding hydrogens is 333 g/mol. The van der Waals surface area contributed by atoms with Gasteiger partial charge in [-0.05, 0) is 43.3 Å². The first-order valence-electron chi connectivity index (χ1n) is 6.05. The summed E-state index contributed by atoms with van der Waals surface area (Å²) in [4.78, 5) is 11.7. The molecule has 0 aliphatic carbocycles. The van der Waals surface area contributed by atoms with Crippen LogP contribution in [0.1, 0.15) is 12.5 Å². The molecule has 2 aromatic rings. The minimum atomic E-state index is -1.39. The Kier molecular flexibility index (Phi) is 4.67. The summed E-state index contributed by atoms with van der Waals surface area (Å²) in [5.41, 5.74) is -0.346. The maximum atomic E-state index is 11.7. The third kappa shape index (κ3) is 3.43. The van der Waals surface area contributed by atoms with Crippen LogP contribution in [0.2, 0.25) is 15.1 Å². The SMILES string of the molecule is CC(Nc1ccc(Cl)cc1)(C(=O)O)c1ccc(Cl)cc1Cl. The number of carbonyl (C=O) groups is 1. The molecule has 0 aliphatic heterocycles. The number of carboxylic acids is 1. The van der Waals surface area contributed by atoms with Gasteiger partial charge < -0.3 is 10.4 Å². The highest BCUT2D eigenvalue weighted by Gasteiger charge is 2.37. The number of nitrogens with one attached hydrogen (secondary N) is 1. The standard InChI is InChI=1S/C15H12Cl3NO2/c1-15(14(20)21,12-7-4-10(17)8-13(12)18)19-11-5-2-9(16)3-6-11/h2-8,19H,1H3,(H,20,21). The molecule has 1 unspecified atom stereocenters. The molecular formula is C15H12Cl3NO2. The highest BCUT2D eigenvalue weighted by Crippen LogP contribution is 2.33. The summed E-state index contributed by atoms with van der Waals surface area (Å²) >= 11 is 17.8. The number of anilines is 1. The topological polar surface area (TPSA) is 49.3 Å². The molecule has 3 nitrogen and oxygen atoms in total. The van der Waals surface area contributed by atoms with Gasteiger partial charge in [0.05, 0.1) is 0 Å². The molecule has 6 heteroatoms. The molecule has 0 heterocycles. The Morgan fingerprint density at radius 2 is 1.62 bits per heavy atom. The Balaban J connectivity index is 2.45. The van der Waals surface area contributed by atoms with Gasteiger partial charge in [-0.2, -0.15) is 0 Å². The lowest BCUT2D eigenvalue weighted by Gasteiger charge is -2.29. The van der Waals surface area contributed by atoms with Gasteiger partial charge in [0.25, 0.3) is 0 Å². The summed E-state index contributed by atoms with van der Waals surface area (Å²) in [6.45, 7) is 1.54. The molecule has 0 amide bonds. The number of halogens is 3. The van der Waals surface area contributed by atoms with Gasteiger partial charge in [-0.3, -0.25) is 0 Å². The third-order valence-corrected chi connectivity index (χ3v) is 3.94. The summed E-state index contributed by atoms with van der Waals surface area (Å²) in [6.07, 6.45) is 0. The third-order valence-electron chi connectivity index (χ3n) is 3.14. The van der Waals surface area contributed by atoms with Crippen LogP contribution in [-0.2, 0) is 10.3 Å². The predicted octanol–water partition coefficient (Wildman–Crippen LogP) is 5.06. The molecule has 2 N–H and O–H groups in total. The van der Waals surface area contributed by atoms with E-state index in [0.29, 0.717) is 21.3 Å². The molecule has 2 aromatic carbocycles. The Morgan fingerprint density at radius 1 is 1.05 bits per heavy atom. The fourth-order valence-electron chi connectivity index (χ4n) is 1.95. The molecule has 0 saturated heterocycles. The van der Waals surface area contributed by atoms with Crippen LogP contribution in [0.15, 0.2) is 42.5 Å². The first-order chi connectivity index (χ1) is 9.83. The molecule has 0 spiro atoms. The van der Waals surface area contributed by atoms with Crippen LogP contribution in [0.4, 0.5) is 5.69 Å². The summed E-state index contributed by atoms with van der Waals surface area (Å²) in [5, 5.41) is 13.9. The maximum absolute atomic E-state index is 11.7. The second kappa shape index (κ2) is 6.14. The normalized spacial score (nSPS) is 13.5. The van der Waals surface area contributed by atoms with E-state index >= 15 is 0 Å². The quantitative estimate of drug-likeness (QED) is 0.815. The molecule has 110 valence electrons. The number of benzene rings is 2. The second-order valence-corrected chi connectivity index (χ2v) is 5.97. The highest BCUT2D eigenvalue weighted by molar-refractivity contribution is 6.35. The van der Waals surface area contributed by atoms with Gasteiger partial charge in [0.2, 0.25) is 0 Å². The van der Waals surface area contributed by atoms with Crippen molar-refractivity contribution in [3.63, 3.8) is 0 Å². The molecule has 21 heavy (non-hydrogen) atoms. The smallest absolute Gasteiger partial charge is 0.333 e. The summed E-state index contributed by atoms with van der Waals surface area (Å²) in [5.74, 6) is -1.05. The molecule has 0 aliphatic rings. The maximum Gasteiger partial charge on any atom is 0.333 e. The van der Waals surface area contributed by atoms with E-state index in [-0.39, 0.29) is 5.02 Å². The van der Waals surface area contributed by atoms with Gasteiger partial charge in [0, 0.05) is 26.3 Å². The Hall–Kier alpha value is -1.42. The lowest BCUT2D eigenvalue weighted by atomic mass is 9.91. The zero-order chi connectivity index (χ0) is 15.6. The van der Waals surface area contributed by atoms with Crippen molar-refractivity contribution in [2.75, 3.05) is 5.32 Å². The van der Waals surface area contributed by atoms with Crippen molar-refractivity contribution in [2.45, 2.75) is 12.5 Å². The lowest BCUT2D eigenvalue weighted by Crippen LogP contribution is -2.40. The van der Waals surface area contributed by atoms with Crippen LogP contribution in [0, 0.1) is 0 Å². The van der Waals surface area contributed by atoms with E-state index in [4.69, 9.17) is 34.8 Å². The average Bonchev–Trinajstić information content (AvgIpc) is 2.41. The summed E-state index contributed by atoms with van der Waals surface area (Å²) < 4.78 is 0. The zero-order valence-corrected chi connectivity index (χ0v) is 13.3. The summed E-state index contributed by atoms with van der Waals surface area (Å²) in [7, 11) is 0. The van der Waals surface area contributed by atoms with Crippen LogP contribution in [-0.4, -0.2) is 11.1 Å². The van der Waals surface area contributed by atoms with E-state index in [1.165, 1.54) is 6.07 Å². The number of carboxylic acid groups (broad SMARTS) is 1. The number of hydrogen-bond donors (Lipinski definition) is 2. The Morgan fingerprint density at radius 3 is 2.14 bits per heavy atom. The number of hydrogen-bond acceptors (Lipinski definition) is 2. The summed E-state index contributed by atoms with van der Waals surface area (Å²) in [6, 6.07) is 11.5. The van der Waals surface area contributed by atoms with Gasteiger partial charge in [-0.1, -0.05) is 40.9 Å². The van der Waals surface area contributed by atoms with Crippen LogP contribution in [0.5, 0.6) is 0 Å². The number of aliphatic carboxylic acids is 1. The van der Waals surface area contributed by atoms with Crippen molar-refractivity contribution in [2.24, 2.45) is 0 Å². The lowest BCUT2D eigenvalue weighted by molar-refractivity contribution is -0.142. The van der Waals surface area contributed by atoms with Crippen molar-refractivity contribution >= 4 is 46.5 Å². The largest absolute Gasteiger partial charge is 0.479 e. The Labute approximate surface area is 137 Å². The predicted molar refractivity (Wildman–Crippen MR) is 86.5 cm³/mol. The van der Waals surface area contributed by atoms with Crippen LogP contribution < -0.4 is 5.32 Å². The fraction of sp³-hybridized carbons (Fsp3) is 0.133. The monoisotopic (exact) mass is 343 g/mol. The minimum absolute atomic E-state index is 0.286. The Bertz CT molecular complexity index is 673. The van der Waals surface area contributed by atoms with Crippen molar-refractivity contribution in [3.05, 3.63) is 63.1 Å². The zero-order valence-electron chi connectivity index (χ0n) is 11.0. The van der Waals surface area contributed by atoms with Crippen LogP contribution in [0.3, 0.4) is 0 Å². The first kappa shape index (κ1) is 16.0. The van der Waals surface area contributed by atoms with E-state index in [9.17, 15) is 9.90 Å². The van der Waals surface area contributed by atoms with E-state index in [0.717, 1.165) is 0 Å². The van der Waals surface area contributed by atoms with E-state index < -0.39 is 11.5 Å². The van der Waals surface area contributed by atoms with E-state index in [1.54, 1.807) is 43.3 Å². The van der Waals surface area contributed by atoms with E-state index in [2.05, 4.69) is 5.32 Å². The minimum Gasteiger partial charge on any atom is -0.479 e. The van der Waals surface area contributed by atoms with Gasteiger partial charge in [-0.15, -0.1) is 0 Å². The molecule has 0 radical (unpaired) electrons. The molecule has 0 aromatic heterocycles. The molecule has 0 bridgehead atoms. The van der Waals surface area contributed by atoms with Gasteiger partial charge in [0.1, 0.15) is 0 Å². The van der Waals surface area contributed by atoms with Gasteiger partial charge >= 0.3 is 5.97 Å². The van der Waals surface area contributed by atoms with Crippen LogP contribution >= 0.6 is 34.8 Å². The number of rotatable bonds is 4. The van der Waals surface area contributed by atoms with Crippen molar-refractivity contribution < 1.29 is 9.90 Å². The first-order valence-corrected chi connectivity index (χ1v) is 7.19. The highest BCUT2D eigenvalue weighted by atomic mass is 35.5. The fourth-order valence-corrected chi connectivity index (χ4v) is 2.68. The molecule has 0 fully saturated rings. The second-order valence-electron chi connectivity index (χ2n) is 4.69. The van der Waals surface area contributed by atoms with Crippen LogP contribution in [0.25, 0.3) is 0 Å². The van der Waals surface area contributed by atoms with Gasteiger partial charge in [-0.25, -0.2) is 4.79 Å². The van der Waals surface area contributed by atoms with Crippen molar-refractivity contribution in [1.82, 2.24) is 0 Å². The molecule has 1 atom stereocenters.